The van der Waals surface area contributed by atoms with E-state index in [1.807, 2.05) is 6.26 Å². The maximum absolute atomic E-state index is 9.11. The van der Waals surface area contributed by atoms with Gasteiger partial charge in [-0.25, -0.2) is 0 Å². The molecule has 1 fully saturated rings. The highest BCUT2D eigenvalue weighted by Gasteiger charge is 2.39. The largest absolute Gasteiger partial charge is 0.389 e. The topological polar surface area (TPSA) is 20.2 Å². The summed E-state index contributed by atoms with van der Waals surface area (Å²) in [5.74, 6) is 0.924. The molecule has 0 amide bonds. The molecule has 1 saturated carbocycles. The molecular weight excluding hydrogens is 108 g/mol. The lowest BCUT2D eigenvalue weighted by Gasteiger charge is -2.00. The van der Waals surface area contributed by atoms with Crippen LogP contribution < -0.4 is 0 Å². The normalized spacial score (nSPS) is 24.9. The van der Waals surface area contributed by atoms with Crippen LogP contribution in [0.5, 0.6) is 0 Å². The summed E-state index contributed by atoms with van der Waals surface area (Å²) < 4.78 is 0. The Kier molecular flexibility index (Phi) is 1.30. The third-order valence-corrected chi connectivity index (χ3v) is 2.07. The van der Waals surface area contributed by atoms with Crippen LogP contribution in [0.3, 0.4) is 0 Å². The Hall–Kier alpha value is 0.310. The predicted molar refractivity (Wildman–Crippen MR) is 32.6 cm³/mol. The molecule has 0 heterocycles. The van der Waals surface area contributed by atoms with Crippen molar-refractivity contribution in [3.63, 3.8) is 0 Å². The van der Waals surface area contributed by atoms with E-state index in [9.17, 15) is 0 Å². The number of hydrogen-bond acceptors (Lipinski definition) is 2. The number of rotatable bonds is 2. The van der Waals surface area contributed by atoms with Crippen LogP contribution in [0.2, 0.25) is 0 Å². The maximum Gasteiger partial charge on any atom is 0.0739 e. The van der Waals surface area contributed by atoms with Gasteiger partial charge in [-0.3, -0.25) is 0 Å². The van der Waals surface area contributed by atoms with Crippen LogP contribution in [0.15, 0.2) is 0 Å². The van der Waals surface area contributed by atoms with Crippen molar-refractivity contribution in [2.75, 3.05) is 12.0 Å². The molecule has 0 unspecified atom stereocenters. The fraction of sp³-hybridized carbons (Fsp3) is 1.00. The first-order chi connectivity index (χ1) is 3.27. The molecule has 1 N–H and O–H groups in total. The number of aliphatic hydroxyl groups is 1. The van der Waals surface area contributed by atoms with E-state index in [-0.39, 0.29) is 5.60 Å². The van der Waals surface area contributed by atoms with Gasteiger partial charge < -0.3 is 5.11 Å². The van der Waals surface area contributed by atoms with Gasteiger partial charge in [-0.15, -0.1) is 0 Å². The van der Waals surface area contributed by atoms with E-state index in [1.165, 1.54) is 0 Å². The van der Waals surface area contributed by atoms with Gasteiger partial charge in [-0.05, 0) is 19.1 Å². The molecule has 0 spiro atoms. The van der Waals surface area contributed by atoms with E-state index in [1.54, 1.807) is 11.8 Å². The van der Waals surface area contributed by atoms with E-state index in [0.29, 0.717) is 0 Å². The van der Waals surface area contributed by atoms with Gasteiger partial charge in [0.05, 0.1) is 5.60 Å². The number of thioether (sulfide) groups is 1. The van der Waals surface area contributed by atoms with Gasteiger partial charge in [0.15, 0.2) is 0 Å². The van der Waals surface area contributed by atoms with Crippen LogP contribution >= 0.6 is 11.8 Å². The molecule has 0 aromatic heterocycles. The van der Waals surface area contributed by atoms with E-state index >= 15 is 0 Å². The Morgan fingerprint density at radius 1 is 1.71 bits per heavy atom. The average molecular weight is 118 g/mol. The van der Waals surface area contributed by atoms with Gasteiger partial charge in [0, 0.05) is 5.75 Å². The van der Waals surface area contributed by atoms with Crippen molar-refractivity contribution in [1.29, 1.82) is 0 Å². The van der Waals surface area contributed by atoms with Gasteiger partial charge in [0.25, 0.3) is 0 Å². The van der Waals surface area contributed by atoms with Crippen molar-refractivity contribution < 1.29 is 5.11 Å². The quantitative estimate of drug-likeness (QED) is 0.580. The molecule has 0 bridgehead atoms. The highest BCUT2D eigenvalue weighted by Crippen LogP contribution is 2.37. The van der Waals surface area contributed by atoms with Crippen LogP contribution in [0.1, 0.15) is 12.8 Å². The van der Waals surface area contributed by atoms with E-state index in [4.69, 9.17) is 5.11 Å². The molecule has 0 saturated heterocycles. The van der Waals surface area contributed by atoms with Crippen molar-refractivity contribution in [3.8, 4) is 0 Å². The zero-order valence-corrected chi connectivity index (χ0v) is 5.29. The summed E-state index contributed by atoms with van der Waals surface area (Å²) in [4.78, 5) is 0. The molecular formula is C5H10OS. The second-order valence-corrected chi connectivity index (χ2v) is 3.02. The molecule has 0 radical (unpaired) electrons. The minimum atomic E-state index is -0.237. The van der Waals surface area contributed by atoms with Crippen LogP contribution in [-0.4, -0.2) is 22.7 Å². The second kappa shape index (κ2) is 1.67. The molecule has 42 valence electrons. The lowest BCUT2D eigenvalue weighted by molar-refractivity contribution is 0.177. The van der Waals surface area contributed by atoms with Gasteiger partial charge in [0.1, 0.15) is 0 Å². The minimum absolute atomic E-state index is 0.237. The Balaban J connectivity index is 2.13. The fourth-order valence-electron chi connectivity index (χ4n) is 0.557. The molecule has 2 heteroatoms. The van der Waals surface area contributed by atoms with Crippen molar-refractivity contribution in [2.24, 2.45) is 0 Å². The van der Waals surface area contributed by atoms with Crippen LogP contribution in [-0.2, 0) is 0 Å². The molecule has 1 nitrogen and oxygen atoms in total. The monoisotopic (exact) mass is 118 g/mol. The Labute approximate surface area is 48.1 Å². The molecule has 0 aliphatic heterocycles. The zero-order valence-electron chi connectivity index (χ0n) is 4.48. The second-order valence-electron chi connectivity index (χ2n) is 2.16. The Morgan fingerprint density at radius 2 is 2.29 bits per heavy atom. The summed E-state index contributed by atoms with van der Waals surface area (Å²) >= 11 is 1.72. The molecule has 1 rings (SSSR count). The minimum Gasteiger partial charge on any atom is -0.389 e. The predicted octanol–water partition coefficient (Wildman–Crippen LogP) is 0.874. The SMILES string of the molecule is CSCC1(O)CC1. The molecule has 0 aromatic carbocycles. The fourth-order valence-corrected chi connectivity index (χ4v) is 1.38. The molecule has 7 heavy (non-hydrogen) atoms. The lowest BCUT2D eigenvalue weighted by Crippen LogP contribution is -2.08. The highest BCUT2D eigenvalue weighted by molar-refractivity contribution is 7.98. The Morgan fingerprint density at radius 3 is 2.43 bits per heavy atom. The van der Waals surface area contributed by atoms with Crippen molar-refractivity contribution in [1.82, 2.24) is 0 Å². The van der Waals surface area contributed by atoms with Gasteiger partial charge in [-0.2, -0.15) is 11.8 Å². The first kappa shape index (κ1) is 5.45. The standard InChI is InChI=1S/C5H10OS/c1-7-4-5(6)2-3-5/h6H,2-4H2,1H3. The molecule has 1 aliphatic carbocycles. The van der Waals surface area contributed by atoms with Crippen LogP contribution in [0, 0.1) is 0 Å². The van der Waals surface area contributed by atoms with Crippen molar-refractivity contribution >= 4 is 11.8 Å². The van der Waals surface area contributed by atoms with E-state index < -0.39 is 0 Å². The summed E-state index contributed by atoms with van der Waals surface area (Å²) in [7, 11) is 0. The zero-order chi connectivity index (χ0) is 5.33. The molecule has 0 aromatic rings. The van der Waals surface area contributed by atoms with Crippen LogP contribution in [0.4, 0.5) is 0 Å². The molecule has 0 atom stereocenters. The number of hydrogen-bond donors (Lipinski definition) is 1. The maximum atomic E-state index is 9.11. The lowest BCUT2D eigenvalue weighted by atomic mass is 10.4. The smallest absolute Gasteiger partial charge is 0.0739 e. The van der Waals surface area contributed by atoms with Gasteiger partial charge >= 0.3 is 0 Å². The molecule has 1 aliphatic rings. The summed E-state index contributed by atoms with van der Waals surface area (Å²) in [6.45, 7) is 0. The van der Waals surface area contributed by atoms with Gasteiger partial charge in [0.2, 0.25) is 0 Å². The summed E-state index contributed by atoms with van der Waals surface area (Å²) in [6.07, 6.45) is 4.07. The summed E-state index contributed by atoms with van der Waals surface area (Å²) in [6, 6.07) is 0. The van der Waals surface area contributed by atoms with E-state index in [0.717, 1.165) is 18.6 Å². The third kappa shape index (κ3) is 1.35. The average Bonchev–Trinajstić information content (AvgIpc) is 2.22. The Bertz CT molecular complexity index is 68.5. The van der Waals surface area contributed by atoms with Crippen molar-refractivity contribution in [2.45, 2.75) is 18.4 Å². The van der Waals surface area contributed by atoms with Gasteiger partial charge in [-0.1, -0.05) is 0 Å². The highest BCUT2D eigenvalue weighted by atomic mass is 32.2. The van der Waals surface area contributed by atoms with Crippen LogP contribution in [0.25, 0.3) is 0 Å². The summed E-state index contributed by atoms with van der Waals surface area (Å²) in [5, 5.41) is 9.11. The first-order valence-electron chi connectivity index (χ1n) is 2.48. The third-order valence-electron chi connectivity index (χ3n) is 1.24. The first-order valence-corrected chi connectivity index (χ1v) is 3.88. The van der Waals surface area contributed by atoms with Crippen molar-refractivity contribution in [3.05, 3.63) is 0 Å². The van der Waals surface area contributed by atoms with E-state index in [2.05, 4.69) is 0 Å². The summed E-state index contributed by atoms with van der Waals surface area (Å²) in [5.41, 5.74) is -0.237.